The lowest BCUT2D eigenvalue weighted by molar-refractivity contribution is 0.534. The van der Waals surface area contributed by atoms with E-state index in [9.17, 15) is 4.39 Å². The van der Waals surface area contributed by atoms with Crippen molar-refractivity contribution >= 4 is 5.69 Å². The molecule has 0 aliphatic heterocycles. The number of allylic oxidation sites excluding steroid dienone is 2. The second-order valence-corrected chi connectivity index (χ2v) is 8.97. The van der Waals surface area contributed by atoms with Crippen LogP contribution in [0.4, 0.5) is 10.1 Å². The average molecular weight is 426 g/mol. The number of anilines is 1. The van der Waals surface area contributed by atoms with E-state index < -0.39 is 0 Å². The summed E-state index contributed by atoms with van der Waals surface area (Å²) in [5.41, 5.74) is 7.26. The summed E-state index contributed by atoms with van der Waals surface area (Å²) in [5.74, 6) is 0.850. The Morgan fingerprint density at radius 1 is 1.00 bits per heavy atom. The maximum absolute atomic E-state index is 14.3. The predicted molar refractivity (Wildman–Crippen MR) is 134 cm³/mol. The van der Waals surface area contributed by atoms with Crippen molar-refractivity contribution in [3.8, 4) is 11.1 Å². The standard InChI is InChI=1S/C30H32FN/c1-4-25-8-6-10-28(25)22(3)32-27-9-5-7-24(20-27)13-12-23-14-16-26(17-15-23)29-18-11-21(2)19-30(29)31/h4-5,7,9,11,14-20,25,28,32H,1,3,6,8,10,12-13H2,2H3. The quantitative estimate of drug-likeness (QED) is 0.359. The van der Waals surface area contributed by atoms with Gasteiger partial charge in [0.15, 0.2) is 0 Å². The average Bonchev–Trinajstić information content (AvgIpc) is 3.28. The molecule has 0 aromatic heterocycles. The van der Waals surface area contributed by atoms with Crippen LogP contribution in [0.15, 0.2) is 91.7 Å². The van der Waals surface area contributed by atoms with E-state index in [-0.39, 0.29) is 5.82 Å². The molecule has 0 radical (unpaired) electrons. The number of aryl methyl sites for hydroxylation is 3. The first-order valence-electron chi connectivity index (χ1n) is 11.6. The van der Waals surface area contributed by atoms with Gasteiger partial charge < -0.3 is 5.32 Å². The van der Waals surface area contributed by atoms with Crippen molar-refractivity contribution in [3.05, 3.63) is 114 Å². The van der Waals surface area contributed by atoms with E-state index in [0.717, 1.165) is 35.4 Å². The number of hydrogen-bond donors (Lipinski definition) is 1. The first-order chi connectivity index (χ1) is 15.5. The van der Waals surface area contributed by atoms with Crippen LogP contribution in [-0.2, 0) is 12.8 Å². The third-order valence-corrected chi connectivity index (χ3v) is 6.64. The molecule has 1 nitrogen and oxygen atoms in total. The number of nitrogens with one attached hydrogen (secondary N) is 1. The Balaban J connectivity index is 1.37. The molecular weight excluding hydrogens is 393 g/mol. The summed E-state index contributed by atoms with van der Waals surface area (Å²) in [6.45, 7) is 10.2. The fourth-order valence-corrected chi connectivity index (χ4v) is 4.78. The van der Waals surface area contributed by atoms with E-state index in [1.54, 1.807) is 6.07 Å². The van der Waals surface area contributed by atoms with Gasteiger partial charge in [-0.1, -0.05) is 67.6 Å². The molecule has 1 saturated carbocycles. The minimum atomic E-state index is -0.166. The van der Waals surface area contributed by atoms with Crippen molar-refractivity contribution in [1.82, 2.24) is 0 Å². The van der Waals surface area contributed by atoms with Gasteiger partial charge in [-0.2, -0.15) is 0 Å². The Bertz CT molecular complexity index is 1100. The van der Waals surface area contributed by atoms with E-state index in [1.807, 2.05) is 31.2 Å². The third kappa shape index (κ3) is 5.19. The van der Waals surface area contributed by atoms with E-state index >= 15 is 0 Å². The van der Waals surface area contributed by atoms with Gasteiger partial charge in [0.1, 0.15) is 5.82 Å². The fraction of sp³-hybridized carbons (Fsp3) is 0.267. The molecule has 1 N–H and O–H groups in total. The molecular formula is C30H32FN. The minimum absolute atomic E-state index is 0.166. The van der Waals surface area contributed by atoms with Gasteiger partial charge >= 0.3 is 0 Å². The smallest absolute Gasteiger partial charge is 0.131 e. The first kappa shape index (κ1) is 22.1. The number of rotatable bonds is 8. The van der Waals surface area contributed by atoms with Crippen LogP contribution in [0, 0.1) is 24.6 Å². The van der Waals surface area contributed by atoms with Gasteiger partial charge in [0, 0.05) is 22.9 Å². The van der Waals surface area contributed by atoms with Crippen LogP contribution in [0.2, 0.25) is 0 Å². The molecule has 0 spiro atoms. The zero-order chi connectivity index (χ0) is 22.5. The van der Waals surface area contributed by atoms with Gasteiger partial charge in [-0.05, 0) is 79.0 Å². The summed E-state index contributed by atoms with van der Waals surface area (Å²) in [6, 6.07) is 22.2. The highest BCUT2D eigenvalue weighted by Gasteiger charge is 2.27. The van der Waals surface area contributed by atoms with Gasteiger partial charge in [-0.15, -0.1) is 6.58 Å². The molecule has 2 heteroatoms. The maximum atomic E-state index is 14.3. The van der Waals surface area contributed by atoms with Gasteiger partial charge in [0.05, 0.1) is 0 Å². The van der Waals surface area contributed by atoms with Crippen molar-refractivity contribution in [2.75, 3.05) is 5.32 Å². The van der Waals surface area contributed by atoms with E-state index in [1.165, 1.54) is 30.4 Å². The summed E-state index contributed by atoms with van der Waals surface area (Å²) >= 11 is 0. The monoisotopic (exact) mass is 425 g/mol. The first-order valence-corrected chi connectivity index (χ1v) is 11.6. The molecule has 2 unspecified atom stereocenters. The Labute approximate surface area is 191 Å². The Kier molecular flexibility index (Phi) is 6.90. The predicted octanol–water partition coefficient (Wildman–Crippen LogP) is 8.11. The highest BCUT2D eigenvalue weighted by molar-refractivity contribution is 5.64. The lowest BCUT2D eigenvalue weighted by Crippen LogP contribution is -2.14. The zero-order valence-electron chi connectivity index (χ0n) is 18.9. The Morgan fingerprint density at radius 3 is 2.53 bits per heavy atom. The van der Waals surface area contributed by atoms with E-state index in [0.29, 0.717) is 17.4 Å². The largest absolute Gasteiger partial charge is 0.359 e. The van der Waals surface area contributed by atoms with Crippen LogP contribution in [0.1, 0.15) is 36.0 Å². The topological polar surface area (TPSA) is 12.0 Å². The molecule has 32 heavy (non-hydrogen) atoms. The van der Waals surface area contributed by atoms with Crippen molar-refractivity contribution < 1.29 is 4.39 Å². The molecule has 3 aromatic rings. The lowest BCUT2D eigenvalue weighted by atomic mass is 9.93. The maximum Gasteiger partial charge on any atom is 0.131 e. The van der Waals surface area contributed by atoms with Crippen LogP contribution in [0.3, 0.4) is 0 Å². The molecule has 1 fully saturated rings. The van der Waals surface area contributed by atoms with E-state index in [4.69, 9.17) is 0 Å². The molecule has 4 rings (SSSR count). The summed E-state index contributed by atoms with van der Waals surface area (Å²) in [6.07, 6.45) is 7.63. The molecule has 3 aromatic carbocycles. The van der Waals surface area contributed by atoms with Gasteiger partial charge in [-0.3, -0.25) is 0 Å². The Morgan fingerprint density at radius 2 is 1.78 bits per heavy atom. The normalized spacial score (nSPS) is 17.8. The van der Waals surface area contributed by atoms with Crippen LogP contribution < -0.4 is 5.32 Å². The molecule has 2 atom stereocenters. The summed E-state index contributed by atoms with van der Waals surface area (Å²) in [4.78, 5) is 0. The van der Waals surface area contributed by atoms with Crippen LogP contribution in [0.5, 0.6) is 0 Å². The summed E-state index contributed by atoms with van der Waals surface area (Å²) in [7, 11) is 0. The minimum Gasteiger partial charge on any atom is -0.359 e. The van der Waals surface area contributed by atoms with Crippen molar-refractivity contribution in [2.24, 2.45) is 11.8 Å². The van der Waals surface area contributed by atoms with E-state index in [2.05, 4.69) is 60.9 Å². The second-order valence-electron chi connectivity index (χ2n) is 8.97. The Hall–Kier alpha value is -3.13. The highest BCUT2D eigenvalue weighted by atomic mass is 19.1. The molecule has 0 bridgehead atoms. The SMILES string of the molecule is C=CC1CCCC1C(=C)Nc1cccc(CCc2ccc(-c3ccc(C)cc3F)cc2)c1. The molecule has 0 amide bonds. The van der Waals surface area contributed by atoms with Crippen molar-refractivity contribution in [2.45, 2.75) is 39.0 Å². The van der Waals surface area contributed by atoms with Crippen LogP contribution in [0.25, 0.3) is 11.1 Å². The number of hydrogen-bond acceptors (Lipinski definition) is 1. The number of benzene rings is 3. The molecule has 1 aliphatic rings. The molecule has 0 saturated heterocycles. The van der Waals surface area contributed by atoms with Crippen LogP contribution in [-0.4, -0.2) is 0 Å². The zero-order valence-corrected chi connectivity index (χ0v) is 18.9. The van der Waals surface area contributed by atoms with Crippen LogP contribution >= 0.6 is 0 Å². The molecule has 164 valence electrons. The van der Waals surface area contributed by atoms with Gasteiger partial charge in [-0.25, -0.2) is 4.39 Å². The summed E-state index contributed by atoms with van der Waals surface area (Å²) < 4.78 is 14.3. The number of halogens is 1. The van der Waals surface area contributed by atoms with Crippen molar-refractivity contribution in [1.29, 1.82) is 0 Å². The second kappa shape index (κ2) is 9.99. The lowest BCUT2D eigenvalue weighted by Gasteiger charge is -2.21. The van der Waals surface area contributed by atoms with Gasteiger partial charge in [0.25, 0.3) is 0 Å². The van der Waals surface area contributed by atoms with Gasteiger partial charge in [0.2, 0.25) is 0 Å². The molecule has 1 aliphatic carbocycles. The molecule has 0 heterocycles. The fourth-order valence-electron chi connectivity index (χ4n) is 4.78. The highest BCUT2D eigenvalue weighted by Crippen LogP contribution is 2.37. The third-order valence-electron chi connectivity index (χ3n) is 6.64. The summed E-state index contributed by atoms with van der Waals surface area (Å²) in [5, 5.41) is 3.54. The van der Waals surface area contributed by atoms with Crippen molar-refractivity contribution in [3.63, 3.8) is 0 Å².